The van der Waals surface area contributed by atoms with Crippen LogP contribution in [-0.4, -0.2) is 37.0 Å². The van der Waals surface area contributed by atoms with E-state index in [0.29, 0.717) is 11.8 Å². The van der Waals surface area contributed by atoms with Crippen molar-refractivity contribution in [2.24, 2.45) is 5.10 Å². The minimum absolute atomic E-state index is 0.206. The summed E-state index contributed by atoms with van der Waals surface area (Å²) in [5.41, 5.74) is 4.14. The van der Waals surface area contributed by atoms with Crippen LogP contribution in [0.1, 0.15) is 12.0 Å². The van der Waals surface area contributed by atoms with Crippen molar-refractivity contribution >= 4 is 41.0 Å². The Morgan fingerprint density at radius 1 is 1.29 bits per heavy atom. The van der Waals surface area contributed by atoms with Crippen molar-refractivity contribution in [3.05, 3.63) is 29.8 Å². The number of benzene rings is 1. The van der Waals surface area contributed by atoms with Crippen LogP contribution in [0.5, 0.6) is 0 Å². The summed E-state index contributed by atoms with van der Waals surface area (Å²) in [7, 11) is 0. The smallest absolute Gasteiger partial charge is 0.254 e. The molecule has 0 atom stereocenters. The lowest BCUT2D eigenvalue weighted by molar-refractivity contribution is -0.120. The van der Waals surface area contributed by atoms with E-state index in [1.54, 1.807) is 6.07 Å². The maximum Gasteiger partial charge on any atom is 0.254 e. The van der Waals surface area contributed by atoms with Gasteiger partial charge in [-0.3, -0.25) is 4.79 Å². The van der Waals surface area contributed by atoms with Crippen molar-refractivity contribution in [3.63, 3.8) is 0 Å². The lowest BCUT2D eigenvalue weighted by Gasteiger charge is -2.22. The normalized spacial score (nSPS) is 10.3. The molecule has 5 nitrogen and oxygen atoms in total. The molecule has 1 rings (SSSR count). The van der Waals surface area contributed by atoms with Crippen molar-refractivity contribution in [1.29, 1.82) is 5.26 Å². The second kappa shape index (κ2) is 10.0. The second-order valence-electron chi connectivity index (χ2n) is 4.08. The number of rotatable bonds is 8. The summed E-state index contributed by atoms with van der Waals surface area (Å²) >= 11 is 11.5. The van der Waals surface area contributed by atoms with E-state index < -0.39 is 5.91 Å². The monoisotopic (exact) mass is 326 g/mol. The lowest BCUT2D eigenvalue weighted by Crippen LogP contribution is -2.27. The van der Waals surface area contributed by atoms with Crippen molar-refractivity contribution in [3.8, 4) is 6.07 Å². The van der Waals surface area contributed by atoms with E-state index in [-0.39, 0.29) is 6.42 Å². The lowest BCUT2D eigenvalue weighted by atomic mass is 10.2. The van der Waals surface area contributed by atoms with Gasteiger partial charge in [-0.2, -0.15) is 10.4 Å². The number of halogens is 2. The SMILES string of the molecule is N#CCC(=O)NN=Cc1ccc(N(CCCl)CCCl)cc1. The molecule has 1 amide bonds. The third kappa shape index (κ3) is 6.48. The number of amides is 1. The van der Waals surface area contributed by atoms with E-state index in [4.69, 9.17) is 28.5 Å². The first kappa shape index (κ1) is 17.3. The molecule has 21 heavy (non-hydrogen) atoms. The van der Waals surface area contributed by atoms with Crippen molar-refractivity contribution in [2.45, 2.75) is 6.42 Å². The van der Waals surface area contributed by atoms with Gasteiger partial charge < -0.3 is 4.90 Å². The number of carbonyl (C=O) groups is 1. The van der Waals surface area contributed by atoms with Crippen molar-refractivity contribution in [2.75, 3.05) is 29.7 Å². The topological polar surface area (TPSA) is 68.5 Å². The first-order chi connectivity index (χ1) is 10.2. The number of carbonyl (C=O) groups excluding carboxylic acids is 1. The van der Waals surface area contributed by atoms with Crippen LogP contribution in [-0.2, 0) is 4.79 Å². The van der Waals surface area contributed by atoms with Crippen LogP contribution in [0.3, 0.4) is 0 Å². The molecular weight excluding hydrogens is 311 g/mol. The largest absolute Gasteiger partial charge is 0.369 e. The van der Waals surface area contributed by atoms with E-state index in [1.807, 2.05) is 24.3 Å². The number of nitriles is 1. The van der Waals surface area contributed by atoms with Gasteiger partial charge in [-0.1, -0.05) is 12.1 Å². The minimum atomic E-state index is -0.430. The first-order valence-corrected chi connectivity index (χ1v) is 7.44. The van der Waals surface area contributed by atoms with Crippen LogP contribution in [0.25, 0.3) is 0 Å². The quantitative estimate of drug-likeness (QED) is 0.453. The average molecular weight is 327 g/mol. The zero-order chi connectivity index (χ0) is 15.5. The maximum atomic E-state index is 11.0. The predicted octanol–water partition coefficient (Wildman–Crippen LogP) is 2.33. The van der Waals surface area contributed by atoms with E-state index in [9.17, 15) is 4.79 Å². The number of nitrogens with zero attached hydrogens (tertiary/aromatic N) is 3. The third-order valence-electron chi connectivity index (χ3n) is 2.61. The molecule has 0 aliphatic heterocycles. The van der Waals surface area contributed by atoms with Crippen LogP contribution in [0.15, 0.2) is 29.4 Å². The molecule has 1 aromatic carbocycles. The minimum Gasteiger partial charge on any atom is -0.369 e. The summed E-state index contributed by atoms with van der Waals surface area (Å²) in [6, 6.07) is 9.39. The van der Waals surface area contributed by atoms with E-state index in [2.05, 4.69) is 15.4 Å². The number of hydrogen-bond acceptors (Lipinski definition) is 4. The fraction of sp³-hybridized carbons (Fsp3) is 0.357. The fourth-order valence-electron chi connectivity index (χ4n) is 1.64. The Kier molecular flexibility index (Phi) is 8.25. The zero-order valence-electron chi connectivity index (χ0n) is 11.4. The molecule has 0 heterocycles. The van der Waals surface area contributed by atoms with Crippen LogP contribution in [0, 0.1) is 11.3 Å². The molecule has 1 aromatic rings. The standard InChI is InChI=1S/C14H16Cl2N4O/c15-6-9-20(10-7-16)13-3-1-12(2-4-13)11-18-19-14(21)5-8-17/h1-4,11H,5-7,9-10H2,(H,19,21). The van der Waals surface area contributed by atoms with Crippen LogP contribution in [0.2, 0.25) is 0 Å². The van der Waals surface area contributed by atoms with Gasteiger partial charge in [0.25, 0.3) is 5.91 Å². The van der Waals surface area contributed by atoms with Gasteiger partial charge in [-0.15, -0.1) is 23.2 Å². The molecule has 0 aliphatic carbocycles. The molecule has 0 saturated carbocycles. The number of anilines is 1. The molecule has 0 fully saturated rings. The van der Waals surface area contributed by atoms with Gasteiger partial charge in [0.2, 0.25) is 0 Å². The summed E-state index contributed by atoms with van der Waals surface area (Å²) in [5, 5.41) is 12.1. The molecule has 0 spiro atoms. The van der Waals surface area contributed by atoms with Gasteiger partial charge in [-0.25, -0.2) is 5.43 Å². The summed E-state index contributed by atoms with van der Waals surface area (Å²) in [6.07, 6.45) is 1.31. The molecular formula is C14H16Cl2N4O. The predicted molar refractivity (Wildman–Crippen MR) is 86.1 cm³/mol. The van der Waals surface area contributed by atoms with E-state index >= 15 is 0 Å². The van der Waals surface area contributed by atoms with Crippen molar-refractivity contribution in [1.82, 2.24) is 5.43 Å². The summed E-state index contributed by atoms with van der Waals surface area (Å²) in [4.78, 5) is 13.1. The maximum absolute atomic E-state index is 11.0. The summed E-state index contributed by atoms with van der Waals surface area (Å²) in [6.45, 7) is 1.46. The Morgan fingerprint density at radius 2 is 1.90 bits per heavy atom. The molecule has 0 aromatic heterocycles. The fourth-order valence-corrected chi connectivity index (χ4v) is 2.04. The number of nitrogens with one attached hydrogen (secondary N) is 1. The average Bonchev–Trinajstić information content (AvgIpc) is 2.48. The van der Waals surface area contributed by atoms with Crippen LogP contribution in [0.4, 0.5) is 5.69 Å². The van der Waals surface area contributed by atoms with E-state index in [1.165, 1.54) is 6.21 Å². The Morgan fingerprint density at radius 3 is 2.43 bits per heavy atom. The highest BCUT2D eigenvalue weighted by Crippen LogP contribution is 2.14. The third-order valence-corrected chi connectivity index (χ3v) is 2.95. The van der Waals surface area contributed by atoms with Gasteiger partial charge in [0.15, 0.2) is 0 Å². The zero-order valence-corrected chi connectivity index (χ0v) is 12.9. The van der Waals surface area contributed by atoms with Gasteiger partial charge in [-0.05, 0) is 17.7 Å². The molecule has 0 unspecified atom stereocenters. The second-order valence-corrected chi connectivity index (χ2v) is 4.84. The Balaban J connectivity index is 2.62. The molecule has 0 aliphatic rings. The number of hydrazone groups is 1. The van der Waals surface area contributed by atoms with Crippen LogP contribution < -0.4 is 10.3 Å². The highest BCUT2D eigenvalue weighted by Gasteiger charge is 2.04. The van der Waals surface area contributed by atoms with Gasteiger partial charge in [0, 0.05) is 30.5 Å². The molecule has 0 saturated heterocycles. The molecule has 0 radical (unpaired) electrons. The van der Waals surface area contributed by atoms with Gasteiger partial charge in [0.05, 0.1) is 12.3 Å². The molecule has 112 valence electrons. The molecule has 7 heteroatoms. The number of alkyl halides is 2. The van der Waals surface area contributed by atoms with E-state index in [0.717, 1.165) is 24.3 Å². The summed E-state index contributed by atoms with van der Waals surface area (Å²) < 4.78 is 0. The Bertz CT molecular complexity index is 505. The highest BCUT2D eigenvalue weighted by atomic mass is 35.5. The Hall–Kier alpha value is -1.77. The summed E-state index contributed by atoms with van der Waals surface area (Å²) in [5.74, 6) is 0.636. The van der Waals surface area contributed by atoms with Gasteiger partial charge in [0.1, 0.15) is 6.42 Å². The Labute approximate surface area is 134 Å². The first-order valence-electron chi connectivity index (χ1n) is 6.37. The highest BCUT2D eigenvalue weighted by molar-refractivity contribution is 6.18. The molecule has 1 N–H and O–H groups in total. The van der Waals surface area contributed by atoms with Crippen LogP contribution >= 0.6 is 23.2 Å². The van der Waals surface area contributed by atoms with Crippen molar-refractivity contribution < 1.29 is 4.79 Å². The molecule has 0 bridgehead atoms. The number of hydrogen-bond donors (Lipinski definition) is 1. The van der Waals surface area contributed by atoms with Gasteiger partial charge >= 0.3 is 0 Å².